The molecule has 3 rings (SSSR count). The Bertz CT molecular complexity index is 523. The number of carbonyl (C=O) groups excluding carboxylic acids is 2. The van der Waals surface area contributed by atoms with Crippen molar-refractivity contribution < 1.29 is 9.59 Å². The number of carbonyl (C=O) groups is 2. The van der Waals surface area contributed by atoms with Crippen LogP contribution >= 0.6 is 11.8 Å². The van der Waals surface area contributed by atoms with Crippen molar-refractivity contribution in [3.05, 3.63) is 11.9 Å². The van der Waals surface area contributed by atoms with Gasteiger partial charge in [-0.15, -0.1) is 0 Å². The molecule has 0 aromatic carbocycles. The van der Waals surface area contributed by atoms with Crippen molar-refractivity contribution in [2.45, 2.75) is 49.6 Å². The number of thioether (sulfide) groups is 1. The molecule has 2 saturated heterocycles. The van der Waals surface area contributed by atoms with Crippen LogP contribution in [0.1, 0.15) is 31.4 Å². The third-order valence-corrected chi connectivity index (χ3v) is 5.52. The Hall–Kier alpha value is -1.77. The fraction of sp³-hybridized carbons (Fsp3) is 0.692. The molecule has 3 amide bonds. The van der Waals surface area contributed by atoms with Crippen LogP contribution in [0.3, 0.4) is 0 Å². The van der Waals surface area contributed by atoms with Gasteiger partial charge >= 0.3 is 6.03 Å². The number of nitrogens with zero attached hydrogens (tertiary/aromatic N) is 2. The number of urea groups is 1. The summed E-state index contributed by atoms with van der Waals surface area (Å²) in [5, 5.41) is 19.3. The molecule has 4 N–H and O–H groups in total. The van der Waals surface area contributed by atoms with Gasteiger partial charge < -0.3 is 16.0 Å². The monoisotopic (exact) mass is 324 g/mol. The molecule has 0 spiro atoms. The Morgan fingerprint density at radius 3 is 3.14 bits per heavy atom. The quantitative estimate of drug-likeness (QED) is 0.421. The van der Waals surface area contributed by atoms with E-state index in [9.17, 15) is 9.59 Å². The predicted octanol–water partition coefficient (Wildman–Crippen LogP) is 0.147. The van der Waals surface area contributed by atoms with E-state index in [4.69, 9.17) is 0 Å². The second kappa shape index (κ2) is 6.99. The molecule has 0 bridgehead atoms. The molecule has 1 aromatic heterocycles. The van der Waals surface area contributed by atoms with Crippen molar-refractivity contribution in [3.63, 3.8) is 0 Å². The molecule has 1 aromatic rings. The topological polar surface area (TPSA) is 112 Å². The molecule has 2 aliphatic rings. The molecule has 9 heteroatoms. The normalized spacial score (nSPS) is 26.4. The minimum absolute atomic E-state index is 0.0378. The highest BCUT2D eigenvalue weighted by molar-refractivity contribution is 8.00. The molecule has 2 aliphatic heterocycles. The maximum Gasteiger partial charge on any atom is 0.315 e. The molecule has 0 saturated carbocycles. The molecular formula is C13H20N6O2S. The van der Waals surface area contributed by atoms with Crippen LogP contribution in [-0.2, 0) is 11.3 Å². The third kappa shape index (κ3) is 3.70. The molecule has 0 radical (unpaired) electrons. The average molecular weight is 324 g/mol. The van der Waals surface area contributed by atoms with Gasteiger partial charge in [-0.25, -0.2) is 4.79 Å². The first-order valence-corrected chi connectivity index (χ1v) is 8.57. The lowest BCUT2D eigenvalue weighted by molar-refractivity contribution is -0.121. The highest BCUT2D eigenvalue weighted by Crippen LogP contribution is 2.33. The summed E-state index contributed by atoms with van der Waals surface area (Å²) in [6.07, 6.45) is 5.00. The lowest BCUT2D eigenvalue weighted by Crippen LogP contribution is -2.36. The number of fused-ring (bicyclic) bond motifs is 1. The van der Waals surface area contributed by atoms with Crippen LogP contribution in [-0.4, -0.2) is 50.4 Å². The number of H-pyrrole nitrogens is 1. The van der Waals surface area contributed by atoms with Gasteiger partial charge in [0.05, 0.1) is 24.8 Å². The summed E-state index contributed by atoms with van der Waals surface area (Å²) in [5.41, 5.74) is 0.728. The zero-order valence-electron chi connectivity index (χ0n) is 12.2. The lowest BCUT2D eigenvalue weighted by Gasteiger charge is -2.16. The van der Waals surface area contributed by atoms with Crippen LogP contribution < -0.4 is 16.0 Å². The first-order valence-electron chi connectivity index (χ1n) is 7.52. The van der Waals surface area contributed by atoms with E-state index in [2.05, 4.69) is 31.4 Å². The second-order valence-electron chi connectivity index (χ2n) is 5.61. The summed E-state index contributed by atoms with van der Waals surface area (Å²) in [7, 11) is 0. The Labute approximate surface area is 132 Å². The van der Waals surface area contributed by atoms with E-state index in [1.165, 1.54) is 0 Å². The number of hydrogen-bond acceptors (Lipinski definition) is 5. The summed E-state index contributed by atoms with van der Waals surface area (Å²) in [6.45, 7) is 0.412. The third-order valence-electron chi connectivity index (χ3n) is 4.01. The van der Waals surface area contributed by atoms with Gasteiger partial charge in [0, 0.05) is 17.4 Å². The fourth-order valence-electron chi connectivity index (χ4n) is 2.86. The average Bonchev–Trinajstić information content (AvgIpc) is 3.19. The lowest BCUT2D eigenvalue weighted by atomic mass is 10.0. The van der Waals surface area contributed by atoms with Crippen LogP contribution in [0.25, 0.3) is 0 Å². The van der Waals surface area contributed by atoms with E-state index < -0.39 is 0 Å². The van der Waals surface area contributed by atoms with Crippen LogP contribution in [0.5, 0.6) is 0 Å². The molecule has 8 nitrogen and oxygen atoms in total. The van der Waals surface area contributed by atoms with E-state index in [-0.39, 0.29) is 24.0 Å². The van der Waals surface area contributed by atoms with Crippen molar-refractivity contribution in [2.24, 2.45) is 0 Å². The minimum Gasteiger partial charge on any atom is -0.350 e. The van der Waals surface area contributed by atoms with Gasteiger partial charge in [0.15, 0.2) is 0 Å². The number of amides is 3. The van der Waals surface area contributed by atoms with Crippen LogP contribution in [0.4, 0.5) is 4.79 Å². The predicted molar refractivity (Wildman–Crippen MR) is 82.2 cm³/mol. The Kier molecular flexibility index (Phi) is 4.81. The molecule has 2 fully saturated rings. The molecule has 0 aliphatic carbocycles. The Balaban J connectivity index is 1.29. The van der Waals surface area contributed by atoms with Crippen molar-refractivity contribution in [1.29, 1.82) is 0 Å². The summed E-state index contributed by atoms with van der Waals surface area (Å²) >= 11 is 1.91. The van der Waals surface area contributed by atoms with Crippen molar-refractivity contribution in [3.8, 4) is 0 Å². The number of aromatic amines is 1. The van der Waals surface area contributed by atoms with Gasteiger partial charge in [-0.2, -0.15) is 27.2 Å². The largest absolute Gasteiger partial charge is 0.350 e. The van der Waals surface area contributed by atoms with Gasteiger partial charge in [0.1, 0.15) is 5.69 Å². The van der Waals surface area contributed by atoms with E-state index in [1.807, 2.05) is 11.8 Å². The van der Waals surface area contributed by atoms with E-state index in [0.29, 0.717) is 18.2 Å². The maximum absolute atomic E-state index is 11.7. The number of aromatic nitrogens is 3. The van der Waals surface area contributed by atoms with Gasteiger partial charge in [-0.05, 0) is 12.8 Å². The van der Waals surface area contributed by atoms with Crippen LogP contribution in [0.2, 0.25) is 0 Å². The molecule has 3 unspecified atom stereocenters. The fourth-order valence-corrected chi connectivity index (χ4v) is 4.41. The number of unbranched alkanes of at least 4 members (excludes halogenated alkanes) is 1. The smallest absolute Gasteiger partial charge is 0.315 e. The molecular weight excluding hydrogens is 304 g/mol. The van der Waals surface area contributed by atoms with Gasteiger partial charge in [-0.1, -0.05) is 6.42 Å². The summed E-state index contributed by atoms with van der Waals surface area (Å²) in [4.78, 5) is 23.0. The first-order chi connectivity index (χ1) is 10.7. The number of nitrogens with one attached hydrogen (secondary N) is 4. The zero-order chi connectivity index (χ0) is 15.4. The van der Waals surface area contributed by atoms with Crippen LogP contribution in [0.15, 0.2) is 6.20 Å². The molecule has 22 heavy (non-hydrogen) atoms. The molecule has 120 valence electrons. The van der Waals surface area contributed by atoms with Crippen molar-refractivity contribution in [1.82, 2.24) is 31.4 Å². The van der Waals surface area contributed by atoms with E-state index in [0.717, 1.165) is 30.7 Å². The maximum atomic E-state index is 11.7. The number of hydrogen-bond donors (Lipinski definition) is 4. The van der Waals surface area contributed by atoms with Gasteiger partial charge in [-0.3, -0.25) is 4.79 Å². The Morgan fingerprint density at radius 2 is 2.32 bits per heavy atom. The van der Waals surface area contributed by atoms with Crippen LogP contribution in [0, 0.1) is 0 Å². The summed E-state index contributed by atoms with van der Waals surface area (Å²) in [5.74, 6) is 1.02. The summed E-state index contributed by atoms with van der Waals surface area (Å²) < 4.78 is 0. The SMILES string of the molecule is O=C(CCCCC1SCC2NC(=O)NC21)NCc1cn[nH]n1. The molecule has 3 atom stereocenters. The first kappa shape index (κ1) is 15.1. The van der Waals surface area contributed by atoms with E-state index >= 15 is 0 Å². The zero-order valence-corrected chi connectivity index (χ0v) is 13.0. The van der Waals surface area contributed by atoms with E-state index in [1.54, 1.807) is 6.20 Å². The minimum atomic E-state index is -0.0486. The van der Waals surface area contributed by atoms with Gasteiger partial charge in [0.25, 0.3) is 0 Å². The highest BCUT2D eigenvalue weighted by atomic mass is 32.2. The summed E-state index contributed by atoms with van der Waals surface area (Å²) in [6, 6.07) is 0.472. The standard InChI is InChI=1S/C13H20N6O2S/c20-11(14-5-8-6-15-19-18-8)4-2-1-3-10-12-9(7-22-10)16-13(21)17-12/h6,9-10,12H,1-5,7H2,(H,14,20)(H,15,18,19)(H2,16,17,21). The highest BCUT2D eigenvalue weighted by Gasteiger charge is 2.42. The number of rotatable bonds is 7. The molecule has 3 heterocycles. The van der Waals surface area contributed by atoms with Gasteiger partial charge in [0.2, 0.25) is 5.91 Å². The second-order valence-corrected chi connectivity index (χ2v) is 6.88. The Morgan fingerprint density at radius 1 is 1.41 bits per heavy atom. The van der Waals surface area contributed by atoms with Crippen molar-refractivity contribution >= 4 is 23.7 Å². The van der Waals surface area contributed by atoms with Crippen molar-refractivity contribution in [2.75, 3.05) is 5.75 Å².